The minimum atomic E-state index is -0.442. The number of hydrogen-bond acceptors (Lipinski definition) is 4. The number of fused-ring (bicyclic) bond motifs is 1. The summed E-state index contributed by atoms with van der Waals surface area (Å²) < 4.78 is 16.3. The van der Waals surface area contributed by atoms with Gasteiger partial charge in [0.05, 0.1) is 5.69 Å². The molecule has 1 N–H and O–H groups in total. The van der Waals surface area contributed by atoms with Gasteiger partial charge in [0.15, 0.2) is 0 Å². The van der Waals surface area contributed by atoms with Crippen LogP contribution in [0.2, 0.25) is 5.02 Å². The van der Waals surface area contributed by atoms with Gasteiger partial charge in [0.2, 0.25) is 11.6 Å². The second-order valence-electron chi connectivity index (χ2n) is 6.32. The zero-order valence-corrected chi connectivity index (χ0v) is 15.8. The Bertz CT molecular complexity index is 1250. The van der Waals surface area contributed by atoms with Crippen molar-refractivity contribution in [1.82, 2.24) is 19.2 Å². The van der Waals surface area contributed by atoms with Crippen LogP contribution in [-0.2, 0) is 11.2 Å². The molecule has 0 spiro atoms. The zero-order chi connectivity index (χ0) is 20.4. The van der Waals surface area contributed by atoms with Crippen molar-refractivity contribution in [1.29, 1.82) is 0 Å². The maximum atomic E-state index is 13.5. The highest BCUT2D eigenvalue weighted by molar-refractivity contribution is 6.30. The Labute approximate surface area is 169 Å². The molecule has 0 aliphatic heterocycles. The lowest BCUT2D eigenvalue weighted by atomic mass is 10.2. The van der Waals surface area contributed by atoms with E-state index >= 15 is 0 Å². The summed E-state index contributed by atoms with van der Waals surface area (Å²) in [5.74, 6) is -0.157. The summed E-state index contributed by atoms with van der Waals surface area (Å²) >= 11 is 5.83. The van der Waals surface area contributed by atoms with Gasteiger partial charge in [-0.25, -0.2) is 4.39 Å². The lowest BCUT2D eigenvalue weighted by molar-refractivity contribution is -0.116. The topological polar surface area (TPSA) is 81.3 Å². The maximum absolute atomic E-state index is 13.5. The number of carbonyl (C=O) groups excluding carboxylic acids is 1. The molecule has 1 amide bonds. The average Bonchev–Trinajstić information content (AvgIpc) is 3.12. The molecule has 0 aliphatic rings. The molecule has 0 unspecified atom stereocenters. The molecule has 2 aromatic carbocycles. The van der Waals surface area contributed by atoms with Gasteiger partial charge in [0.1, 0.15) is 11.6 Å². The lowest BCUT2D eigenvalue weighted by Gasteiger charge is -2.07. The average molecular weight is 412 g/mol. The molecule has 7 nitrogen and oxygen atoms in total. The van der Waals surface area contributed by atoms with Crippen LogP contribution in [0.5, 0.6) is 0 Å². The molecular formula is C20H15ClFN5O2. The van der Waals surface area contributed by atoms with Gasteiger partial charge in [-0.15, -0.1) is 10.2 Å². The van der Waals surface area contributed by atoms with Crippen molar-refractivity contribution in [3.63, 3.8) is 0 Å². The number of benzene rings is 2. The van der Waals surface area contributed by atoms with E-state index in [1.807, 2.05) is 0 Å². The summed E-state index contributed by atoms with van der Waals surface area (Å²) in [5.41, 5.74) is 0.709. The summed E-state index contributed by atoms with van der Waals surface area (Å²) in [7, 11) is 0. The molecule has 9 heteroatoms. The number of aromatic nitrogens is 4. The molecule has 0 saturated carbocycles. The molecule has 146 valence electrons. The van der Waals surface area contributed by atoms with Gasteiger partial charge < -0.3 is 5.32 Å². The lowest BCUT2D eigenvalue weighted by Crippen LogP contribution is -2.20. The van der Waals surface area contributed by atoms with E-state index in [9.17, 15) is 14.0 Å². The molecule has 0 bridgehead atoms. The highest BCUT2D eigenvalue weighted by Gasteiger charge is 2.13. The second-order valence-corrected chi connectivity index (χ2v) is 6.75. The van der Waals surface area contributed by atoms with Gasteiger partial charge in [-0.2, -0.15) is 0 Å². The predicted molar refractivity (Wildman–Crippen MR) is 107 cm³/mol. The SMILES string of the molecule is O=C(CCc1nnc2c(=O)n(-c3cccc(F)c3)ccn12)Nc1ccc(Cl)cc1. The van der Waals surface area contributed by atoms with Gasteiger partial charge in [0, 0.05) is 35.9 Å². The molecule has 4 rings (SSSR count). The van der Waals surface area contributed by atoms with Gasteiger partial charge in [-0.3, -0.25) is 18.6 Å². The van der Waals surface area contributed by atoms with Crippen molar-refractivity contribution in [3.8, 4) is 5.69 Å². The van der Waals surface area contributed by atoms with Crippen molar-refractivity contribution in [2.75, 3.05) is 5.32 Å². The molecule has 0 fully saturated rings. The van der Waals surface area contributed by atoms with Crippen LogP contribution in [-0.4, -0.2) is 25.1 Å². The van der Waals surface area contributed by atoms with Gasteiger partial charge in [-0.05, 0) is 42.5 Å². The fourth-order valence-electron chi connectivity index (χ4n) is 2.92. The van der Waals surface area contributed by atoms with E-state index < -0.39 is 11.4 Å². The Kier molecular flexibility index (Phi) is 5.09. The first-order chi connectivity index (χ1) is 14.0. The Morgan fingerprint density at radius 2 is 1.90 bits per heavy atom. The number of rotatable bonds is 5. The van der Waals surface area contributed by atoms with E-state index in [0.717, 1.165) is 0 Å². The van der Waals surface area contributed by atoms with Crippen LogP contribution < -0.4 is 10.9 Å². The largest absolute Gasteiger partial charge is 0.326 e. The van der Waals surface area contributed by atoms with E-state index in [0.29, 0.717) is 28.6 Å². The summed E-state index contributed by atoms with van der Waals surface area (Å²) in [5, 5.41) is 11.3. The molecule has 2 heterocycles. The minimum Gasteiger partial charge on any atom is -0.326 e. The van der Waals surface area contributed by atoms with E-state index in [1.165, 1.54) is 33.4 Å². The summed E-state index contributed by atoms with van der Waals surface area (Å²) in [6, 6.07) is 12.5. The number of nitrogens with zero attached hydrogens (tertiary/aromatic N) is 4. The zero-order valence-electron chi connectivity index (χ0n) is 15.0. The smallest absolute Gasteiger partial charge is 0.300 e. The highest BCUT2D eigenvalue weighted by Crippen LogP contribution is 2.14. The van der Waals surface area contributed by atoms with E-state index in [1.54, 1.807) is 36.5 Å². The molecular weight excluding hydrogens is 397 g/mol. The normalized spacial score (nSPS) is 11.0. The van der Waals surface area contributed by atoms with E-state index in [2.05, 4.69) is 15.5 Å². The number of carbonyl (C=O) groups is 1. The van der Waals surface area contributed by atoms with E-state index in [4.69, 9.17) is 11.6 Å². The van der Waals surface area contributed by atoms with Crippen LogP contribution in [0.15, 0.2) is 65.7 Å². The van der Waals surface area contributed by atoms with E-state index in [-0.39, 0.29) is 18.0 Å². The molecule has 2 aromatic heterocycles. The first-order valence-corrected chi connectivity index (χ1v) is 9.16. The molecule has 4 aromatic rings. The third kappa shape index (κ3) is 4.02. The third-order valence-corrected chi connectivity index (χ3v) is 4.58. The fraction of sp³-hybridized carbons (Fsp3) is 0.100. The predicted octanol–water partition coefficient (Wildman–Crippen LogP) is 3.24. The number of amides is 1. The number of nitrogens with one attached hydrogen (secondary N) is 1. The molecule has 0 radical (unpaired) electrons. The standard InChI is InChI=1S/C20H15ClFN5O2/c21-13-4-6-15(7-5-13)23-18(28)9-8-17-24-25-19-20(29)26(10-11-27(17)19)16-3-1-2-14(22)12-16/h1-7,10-12H,8-9H2,(H,23,28). The summed E-state index contributed by atoms with van der Waals surface area (Å²) in [6.07, 6.45) is 3.60. The van der Waals surface area contributed by atoms with Crippen molar-refractivity contribution in [3.05, 3.63) is 87.9 Å². The van der Waals surface area contributed by atoms with Crippen LogP contribution in [0.1, 0.15) is 12.2 Å². The van der Waals surface area contributed by atoms with Crippen LogP contribution in [0, 0.1) is 5.82 Å². The molecule has 0 atom stereocenters. The third-order valence-electron chi connectivity index (χ3n) is 4.33. The van der Waals surface area contributed by atoms with Gasteiger partial charge >= 0.3 is 5.56 Å². The minimum absolute atomic E-state index is 0.102. The Hall–Kier alpha value is -3.52. The highest BCUT2D eigenvalue weighted by atomic mass is 35.5. The second kappa shape index (κ2) is 7.84. The summed E-state index contributed by atoms with van der Waals surface area (Å²) in [4.78, 5) is 24.9. The van der Waals surface area contributed by atoms with Crippen molar-refractivity contribution >= 4 is 28.8 Å². The Morgan fingerprint density at radius 3 is 2.66 bits per heavy atom. The van der Waals surface area contributed by atoms with Crippen LogP contribution in [0.25, 0.3) is 11.3 Å². The number of anilines is 1. The summed E-state index contributed by atoms with van der Waals surface area (Å²) in [6.45, 7) is 0. The van der Waals surface area contributed by atoms with Crippen molar-refractivity contribution in [2.45, 2.75) is 12.8 Å². The van der Waals surface area contributed by atoms with Gasteiger partial charge in [-0.1, -0.05) is 17.7 Å². The van der Waals surface area contributed by atoms with Crippen LogP contribution in [0.3, 0.4) is 0 Å². The monoisotopic (exact) mass is 411 g/mol. The van der Waals surface area contributed by atoms with Crippen LogP contribution >= 0.6 is 11.6 Å². The first-order valence-electron chi connectivity index (χ1n) is 8.78. The number of hydrogen-bond donors (Lipinski definition) is 1. The number of aryl methyl sites for hydroxylation is 1. The van der Waals surface area contributed by atoms with Gasteiger partial charge in [0.25, 0.3) is 0 Å². The van der Waals surface area contributed by atoms with Crippen molar-refractivity contribution < 1.29 is 9.18 Å². The molecule has 29 heavy (non-hydrogen) atoms. The quantitative estimate of drug-likeness (QED) is 0.546. The van der Waals surface area contributed by atoms with Crippen molar-refractivity contribution in [2.24, 2.45) is 0 Å². The Balaban J connectivity index is 1.52. The number of halogens is 2. The first kappa shape index (κ1) is 18.8. The van der Waals surface area contributed by atoms with Crippen LogP contribution in [0.4, 0.5) is 10.1 Å². The fourth-order valence-corrected chi connectivity index (χ4v) is 3.04. The molecule has 0 saturated heterocycles. The maximum Gasteiger partial charge on any atom is 0.300 e. The molecule has 0 aliphatic carbocycles. The Morgan fingerprint density at radius 1 is 1.10 bits per heavy atom.